The third kappa shape index (κ3) is 3.30. The first kappa shape index (κ1) is 12.6. The summed E-state index contributed by atoms with van der Waals surface area (Å²) in [4.78, 5) is 15.2. The van der Waals surface area contributed by atoms with E-state index in [1.165, 1.54) is 7.11 Å². The summed E-state index contributed by atoms with van der Waals surface area (Å²) in [6.45, 7) is 4.62. The smallest absolute Gasteiger partial charge is 0.322 e. The number of carbonyl (C=O) groups is 1. The van der Waals surface area contributed by atoms with E-state index in [1.807, 2.05) is 13.8 Å². The van der Waals surface area contributed by atoms with E-state index >= 15 is 0 Å². The van der Waals surface area contributed by atoms with Crippen LogP contribution in [0, 0.1) is 0 Å². The number of aromatic nitrogens is 3. The van der Waals surface area contributed by atoms with E-state index in [4.69, 9.17) is 5.73 Å². The van der Waals surface area contributed by atoms with E-state index in [0.717, 1.165) is 5.82 Å². The third-order valence-corrected chi connectivity index (χ3v) is 2.24. The Labute approximate surface area is 94.8 Å². The molecule has 0 aliphatic carbocycles. The molecule has 0 amide bonds. The quantitative estimate of drug-likeness (QED) is 0.730. The monoisotopic (exact) mass is 226 g/mol. The van der Waals surface area contributed by atoms with Crippen molar-refractivity contribution in [3.05, 3.63) is 12.2 Å². The first-order valence-corrected chi connectivity index (χ1v) is 5.27. The maximum Gasteiger partial charge on any atom is 0.322 e. The number of hydrogen-bond donors (Lipinski definition) is 1. The van der Waals surface area contributed by atoms with Crippen molar-refractivity contribution in [2.24, 2.45) is 5.73 Å². The van der Waals surface area contributed by atoms with Gasteiger partial charge in [0.05, 0.1) is 7.11 Å². The molecule has 0 aromatic carbocycles. The molecule has 1 heterocycles. The molecule has 0 radical (unpaired) electrons. The van der Waals surface area contributed by atoms with Crippen LogP contribution in [0.15, 0.2) is 6.33 Å². The first-order valence-electron chi connectivity index (χ1n) is 5.27. The van der Waals surface area contributed by atoms with Crippen LogP contribution >= 0.6 is 0 Å². The van der Waals surface area contributed by atoms with Crippen LogP contribution in [-0.2, 0) is 16.1 Å². The molecule has 6 nitrogen and oxygen atoms in total. The van der Waals surface area contributed by atoms with E-state index < -0.39 is 12.0 Å². The van der Waals surface area contributed by atoms with Crippen LogP contribution in [0.3, 0.4) is 0 Å². The fourth-order valence-electron chi connectivity index (χ4n) is 1.22. The molecule has 90 valence electrons. The molecule has 0 saturated heterocycles. The van der Waals surface area contributed by atoms with Gasteiger partial charge in [0.15, 0.2) is 5.82 Å². The van der Waals surface area contributed by atoms with Crippen molar-refractivity contribution >= 4 is 5.97 Å². The fraction of sp³-hybridized carbons (Fsp3) is 0.700. The molecule has 1 aromatic rings. The van der Waals surface area contributed by atoms with E-state index in [1.54, 1.807) is 11.0 Å². The number of rotatable bonds is 5. The Hall–Kier alpha value is -1.43. The van der Waals surface area contributed by atoms with Crippen molar-refractivity contribution in [2.75, 3.05) is 7.11 Å². The summed E-state index contributed by atoms with van der Waals surface area (Å²) in [5, 5.41) is 4.26. The minimum absolute atomic E-state index is 0.301. The maximum atomic E-state index is 11.1. The number of methoxy groups -OCH3 is 1. The summed E-state index contributed by atoms with van der Waals surface area (Å²) in [5.74, 6) is 0.700. The number of nitrogens with zero attached hydrogens (tertiary/aromatic N) is 3. The van der Waals surface area contributed by atoms with Crippen molar-refractivity contribution < 1.29 is 9.53 Å². The molecule has 1 aromatic heterocycles. The minimum Gasteiger partial charge on any atom is -0.468 e. The van der Waals surface area contributed by atoms with Gasteiger partial charge in [0.25, 0.3) is 0 Å². The molecule has 0 fully saturated rings. The topological polar surface area (TPSA) is 83.0 Å². The van der Waals surface area contributed by atoms with Gasteiger partial charge in [0.2, 0.25) is 0 Å². The molecule has 0 aliphatic rings. The Morgan fingerprint density at radius 1 is 1.62 bits per heavy atom. The fourth-order valence-corrected chi connectivity index (χ4v) is 1.22. The van der Waals surface area contributed by atoms with Gasteiger partial charge in [-0.1, -0.05) is 13.8 Å². The highest BCUT2D eigenvalue weighted by atomic mass is 16.5. The van der Waals surface area contributed by atoms with Crippen molar-refractivity contribution in [3.8, 4) is 0 Å². The van der Waals surface area contributed by atoms with E-state index in [9.17, 15) is 4.79 Å². The molecule has 1 rings (SSSR count). The lowest BCUT2D eigenvalue weighted by atomic mass is 10.2. The van der Waals surface area contributed by atoms with Crippen molar-refractivity contribution in [2.45, 2.75) is 38.8 Å². The van der Waals surface area contributed by atoms with Crippen molar-refractivity contribution in [1.82, 2.24) is 14.8 Å². The summed E-state index contributed by atoms with van der Waals surface area (Å²) in [6, 6.07) is -0.600. The number of esters is 1. The second-order valence-electron chi connectivity index (χ2n) is 3.94. The summed E-state index contributed by atoms with van der Waals surface area (Å²) in [7, 11) is 1.33. The maximum absolute atomic E-state index is 11.1. The van der Waals surface area contributed by atoms with Gasteiger partial charge in [-0.2, -0.15) is 5.10 Å². The van der Waals surface area contributed by atoms with Crippen molar-refractivity contribution in [3.63, 3.8) is 0 Å². The van der Waals surface area contributed by atoms with Gasteiger partial charge < -0.3 is 10.5 Å². The average molecular weight is 226 g/mol. The SMILES string of the molecule is COC(=O)C(N)CCn1cnc(C(C)C)n1. The summed E-state index contributed by atoms with van der Waals surface area (Å²) < 4.78 is 6.23. The normalized spacial score (nSPS) is 12.8. The number of aryl methyl sites for hydroxylation is 1. The minimum atomic E-state index is -0.600. The van der Waals surface area contributed by atoms with E-state index in [2.05, 4.69) is 14.8 Å². The third-order valence-electron chi connectivity index (χ3n) is 2.24. The molecule has 6 heteroatoms. The Morgan fingerprint density at radius 2 is 2.31 bits per heavy atom. The summed E-state index contributed by atoms with van der Waals surface area (Å²) in [6.07, 6.45) is 2.15. The Bertz CT molecular complexity index is 348. The van der Waals surface area contributed by atoms with Crippen molar-refractivity contribution in [1.29, 1.82) is 0 Å². The lowest BCUT2D eigenvalue weighted by Crippen LogP contribution is -2.32. The molecule has 16 heavy (non-hydrogen) atoms. The Kier molecular flexibility index (Phi) is 4.42. The van der Waals surface area contributed by atoms with E-state index in [0.29, 0.717) is 18.9 Å². The van der Waals surface area contributed by atoms with Gasteiger partial charge in [-0.15, -0.1) is 0 Å². The number of hydrogen-bond acceptors (Lipinski definition) is 5. The zero-order valence-corrected chi connectivity index (χ0v) is 9.88. The number of nitrogens with two attached hydrogens (primary N) is 1. The largest absolute Gasteiger partial charge is 0.468 e. The molecule has 0 bridgehead atoms. The van der Waals surface area contributed by atoms with Gasteiger partial charge in [0.1, 0.15) is 12.4 Å². The molecule has 0 saturated carbocycles. The second-order valence-corrected chi connectivity index (χ2v) is 3.94. The predicted molar refractivity (Wildman–Crippen MR) is 58.7 cm³/mol. The molecule has 0 spiro atoms. The lowest BCUT2D eigenvalue weighted by molar-refractivity contribution is -0.142. The summed E-state index contributed by atoms with van der Waals surface area (Å²) >= 11 is 0. The molecular weight excluding hydrogens is 208 g/mol. The summed E-state index contributed by atoms with van der Waals surface area (Å²) in [5.41, 5.74) is 5.61. The van der Waals surface area contributed by atoms with Gasteiger partial charge in [0, 0.05) is 12.5 Å². The molecular formula is C10H18N4O2. The molecule has 0 aliphatic heterocycles. The van der Waals surface area contributed by atoms with E-state index in [-0.39, 0.29) is 0 Å². The Balaban J connectivity index is 2.45. The van der Waals surface area contributed by atoms with Crippen LogP contribution < -0.4 is 5.73 Å². The molecule has 2 N–H and O–H groups in total. The zero-order chi connectivity index (χ0) is 12.1. The van der Waals surface area contributed by atoms with Crippen LogP contribution in [0.2, 0.25) is 0 Å². The zero-order valence-electron chi connectivity index (χ0n) is 9.88. The highest BCUT2D eigenvalue weighted by Gasteiger charge is 2.14. The molecule has 1 unspecified atom stereocenters. The van der Waals surface area contributed by atoms with Gasteiger partial charge in [-0.3, -0.25) is 9.48 Å². The van der Waals surface area contributed by atoms with Crippen LogP contribution in [0.25, 0.3) is 0 Å². The second kappa shape index (κ2) is 5.60. The first-order chi connectivity index (χ1) is 7.54. The average Bonchev–Trinajstić information content (AvgIpc) is 2.73. The number of ether oxygens (including phenoxy) is 1. The predicted octanol–water partition coefficient (Wildman–Crippen LogP) is 0.292. The lowest BCUT2D eigenvalue weighted by Gasteiger charge is -2.08. The Morgan fingerprint density at radius 3 is 2.81 bits per heavy atom. The highest BCUT2D eigenvalue weighted by molar-refractivity contribution is 5.75. The van der Waals surface area contributed by atoms with Gasteiger partial charge in [-0.25, -0.2) is 4.98 Å². The van der Waals surface area contributed by atoms with Crippen LogP contribution in [0.5, 0.6) is 0 Å². The standard InChI is InChI=1S/C10H18N4O2/c1-7(2)9-12-6-14(13-9)5-4-8(11)10(15)16-3/h6-8H,4-5,11H2,1-3H3. The van der Waals surface area contributed by atoms with Crippen LogP contribution in [-0.4, -0.2) is 33.9 Å². The molecule has 1 atom stereocenters. The van der Waals surface area contributed by atoms with Crippen LogP contribution in [0.4, 0.5) is 0 Å². The van der Waals surface area contributed by atoms with Gasteiger partial charge in [-0.05, 0) is 6.42 Å². The van der Waals surface area contributed by atoms with Gasteiger partial charge >= 0.3 is 5.97 Å². The van der Waals surface area contributed by atoms with Crippen LogP contribution in [0.1, 0.15) is 32.0 Å². The number of carbonyl (C=O) groups excluding carboxylic acids is 1. The highest BCUT2D eigenvalue weighted by Crippen LogP contribution is 2.07.